The molecule has 2 rings (SSSR count). The lowest BCUT2D eigenvalue weighted by Gasteiger charge is -2.18. The van der Waals surface area contributed by atoms with E-state index < -0.39 is 0 Å². The summed E-state index contributed by atoms with van der Waals surface area (Å²) in [5, 5.41) is 4.18. The van der Waals surface area contributed by atoms with Crippen molar-refractivity contribution in [2.45, 2.75) is 19.9 Å². The van der Waals surface area contributed by atoms with Gasteiger partial charge < -0.3 is 14.8 Å². The molecule has 0 bridgehead atoms. The molecule has 1 N–H and O–H groups in total. The second kappa shape index (κ2) is 7.23. The minimum absolute atomic E-state index is 0.145. The lowest BCUT2D eigenvalue weighted by molar-refractivity contribution is 0.311. The average molecular weight is 306 g/mol. The van der Waals surface area contributed by atoms with Crippen molar-refractivity contribution in [1.82, 2.24) is 0 Å². The largest absolute Gasteiger partial charge is 0.493 e. The van der Waals surface area contributed by atoms with Crippen LogP contribution in [0.2, 0.25) is 5.02 Å². The fourth-order valence-corrected chi connectivity index (χ4v) is 2.34. The van der Waals surface area contributed by atoms with Crippen molar-refractivity contribution in [2.75, 3.05) is 19.0 Å². The standard InChI is InChI=1S/C17H20ClNO2/c1-4-21-17-11-15(8-9-16(17)20-3)19-12(2)13-6-5-7-14(18)10-13/h5-12,19H,4H2,1-3H3. The first kappa shape index (κ1) is 15.5. The molecule has 2 aromatic rings. The first-order valence-electron chi connectivity index (χ1n) is 6.97. The van der Waals surface area contributed by atoms with Crippen LogP contribution in [0.5, 0.6) is 11.5 Å². The van der Waals surface area contributed by atoms with Crippen molar-refractivity contribution in [1.29, 1.82) is 0 Å². The van der Waals surface area contributed by atoms with Crippen LogP contribution in [-0.4, -0.2) is 13.7 Å². The number of hydrogen-bond acceptors (Lipinski definition) is 3. The number of nitrogens with one attached hydrogen (secondary N) is 1. The molecular weight excluding hydrogens is 286 g/mol. The molecule has 0 aliphatic carbocycles. The predicted octanol–water partition coefficient (Wildman–Crippen LogP) is 4.92. The van der Waals surface area contributed by atoms with E-state index in [1.54, 1.807) is 7.11 Å². The van der Waals surface area contributed by atoms with Crippen LogP contribution in [0.3, 0.4) is 0 Å². The topological polar surface area (TPSA) is 30.5 Å². The summed E-state index contributed by atoms with van der Waals surface area (Å²) in [5.41, 5.74) is 2.11. The number of halogens is 1. The van der Waals surface area contributed by atoms with E-state index in [1.165, 1.54) is 0 Å². The summed E-state index contributed by atoms with van der Waals surface area (Å²) in [6.07, 6.45) is 0. The normalized spacial score (nSPS) is 11.8. The van der Waals surface area contributed by atoms with Crippen LogP contribution in [0.25, 0.3) is 0 Å². The van der Waals surface area contributed by atoms with Crippen LogP contribution in [-0.2, 0) is 0 Å². The van der Waals surface area contributed by atoms with E-state index >= 15 is 0 Å². The Morgan fingerprint density at radius 1 is 1.14 bits per heavy atom. The molecule has 0 amide bonds. The van der Waals surface area contributed by atoms with Crippen molar-refractivity contribution < 1.29 is 9.47 Å². The van der Waals surface area contributed by atoms with Gasteiger partial charge in [-0.3, -0.25) is 0 Å². The maximum Gasteiger partial charge on any atom is 0.163 e. The Kier molecular flexibility index (Phi) is 5.34. The highest BCUT2D eigenvalue weighted by Gasteiger charge is 2.09. The number of anilines is 1. The number of benzene rings is 2. The quantitative estimate of drug-likeness (QED) is 0.821. The highest BCUT2D eigenvalue weighted by atomic mass is 35.5. The van der Waals surface area contributed by atoms with Gasteiger partial charge in [0.25, 0.3) is 0 Å². The van der Waals surface area contributed by atoms with Gasteiger partial charge in [0.05, 0.1) is 13.7 Å². The molecule has 3 nitrogen and oxygen atoms in total. The van der Waals surface area contributed by atoms with Crippen LogP contribution >= 0.6 is 11.6 Å². The van der Waals surface area contributed by atoms with Crippen molar-refractivity contribution in [2.24, 2.45) is 0 Å². The molecule has 0 heterocycles. The molecule has 0 saturated heterocycles. The third-order valence-corrected chi connectivity index (χ3v) is 3.43. The van der Waals surface area contributed by atoms with Gasteiger partial charge >= 0.3 is 0 Å². The fourth-order valence-electron chi connectivity index (χ4n) is 2.14. The summed E-state index contributed by atoms with van der Waals surface area (Å²) in [4.78, 5) is 0. The minimum atomic E-state index is 0.145. The lowest BCUT2D eigenvalue weighted by atomic mass is 10.1. The van der Waals surface area contributed by atoms with Gasteiger partial charge in [-0.25, -0.2) is 0 Å². The van der Waals surface area contributed by atoms with Crippen molar-refractivity contribution in [3.8, 4) is 11.5 Å². The van der Waals surface area contributed by atoms with Crippen LogP contribution < -0.4 is 14.8 Å². The molecule has 21 heavy (non-hydrogen) atoms. The molecule has 0 aliphatic rings. The van der Waals surface area contributed by atoms with E-state index in [2.05, 4.69) is 18.3 Å². The third-order valence-electron chi connectivity index (χ3n) is 3.20. The average Bonchev–Trinajstić information content (AvgIpc) is 2.48. The lowest BCUT2D eigenvalue weighted by Crippen LogP contribution is -2.07. The summed E-state index contributed by atoms with van der Waals surface area (Å²) in [6, 6.07) is 13.8. The molecule has 4 heteroatoms. The van der Waals surface area contributed by atoms with Gasteiger partial charge in [0, 0.05) is 22.8 Å². The number of rotatable bonds is 6. The molecular formula is C17H20ClNO2. The number of hydrogen-bond donors (Lipinski definition) is 1. The molecule has 0 aliphatic heterocycles. The molecule has 1 unspecified atom stereocenters. The van der Waals surface area contributed by atoms with Crippen molar-refractivity contribution in [3.05, 3.63) is 53.1 Å². The molecule has 0 spiro atoms. The van der Waals surface area contributed by atoms with Crippen molar-refractivity contribution >= 4 is 17.3 Å². The third kappa shape index (κ3) is 4.05. The molecule has 0 saturated carbocycles. The van der Waals surface area contributed by atoms with E-state index in [9.17, 15) is 0 Å². The Morgan fingerprint density at radius 3 is 2.62 bits per heavy atom. The summed E-state index contributed by atoms with van der Waals surface area (Å²) >= 11 is 6.03. The number of ether oxygens (including phenoxy) is 2. The van der Waals surface area contributed by atoms with E-state index in [4.69, 9.17) is 21.1 Å². The van der Waals surface area contributed by atoms with E-state index in [-0.39, 0.29) is 6.04 Å². The van der Waals surface area contributed by atoms with Crippen molar-refractivity contribution in [3.63, 3.8) is 0 Å². The zero-order valence-electron chi connectivity index (χ0n) is 12.5. The molecule has 1 atom stereocenters. The number of methoxy groups -OCH3 is 1. The first-order valence-corrected chi connectivity index (χ1v) is 7.34. The maximum atomic E-state index is 6.03. The van der Waals surface area contributed by atoms with E-state index in [0.29, 0.717) is 6.61 Å². The van der Waals surface area contributed by atoms with Gasteiger partial charge in [-0.05, 0) is 43.7 Å². The first-order chi connectivity index (χ1) is 10.1. The SMILES string of the molecule is CCOc1cc(NC(C)c2cccc(Cl)c2)ccc1OC. The highest BCUT2D eigenvalue weighted by Crippen LogP contribution is 2.32. The zero-order chi connectivity index (χ0) is 15.2. The molecule has 0 fully saturated rings. The fraction of sp³-hybridized carbons (Fsp3) is 0.294. The minimum Gasteiger partial charge on any atom is -0.493 e. The Bertz CT molecular complexity index is 601. The van der Waals surface area contributed by atoms with Crippen LogP contribution in [0.15, 0.2) is 42.5 Å². The monoisotopic (exact) mass is 305 g/mol. The smallest absolute Gasteiger partial charge is 0.163 e. The predicted molar refractivity (Wildman–Crippen MR) is 87.7 cm³/mol. The Hall–Kier alpha value is -1.87. The molecule has 112 valence electrons. The summed E-state index contributed by atoms with van der Waals surface area (Å²) in [7, 11) is 1.64. The van der Waals surface area contributed by atoms with E-state index in [0.717, 1.165) is 27.8 Å². The Balaban J connectivity index is 2.17. The van der Waals surface area contributed by atoms with E-state index in [1.807, 2.05) is 43.3 Å². The summed E-state index contributed by atoms with van der Waals surface area (Å²) in [5.74, 6) is 1.47. The zero-order valence-corrected chi connectivity index (χ0v) is 13.3. The molecule has 2 aromatic carbocycles. The summed E-state index contributed by atoms with van der Waals surface area (Å²) in [6.45, 7) is 4.65. The van der Waals surface area contributed by atoms with Gasteiger partial charge in [0.2, 0.25) is 0 Å². The molecule has 0 aromatic heterocycles. The Labute approximate surface area is 130 Å². The highest BCUT2D eigenvalue weighted by molar-refractivity contribution is 6.30. The van der Waals surface area contributed by atoms with Gasteiger partial charge in [-0.2, -0.15) is 0 Å². The Morgan fingerprint density at radius 2 is 1.95 bits per heavy atom. The second-order valence-electron chi connectivity index (χ2n) is 4.72. The van der Waals surface area contributed by atoms with Gasteiger partial charge in [-0.15, -0.1) is 0 Å². The van der Waals surface area contributed by atoms with Gasteiger partial charge in [0.15, 0.2) is 11.5 Å². The van der Waals surface area contributed by atoms with Gasteiger partial charge in [0.1, 0.15) is 0 Å². The maximum absolute atomic E-state index is 6.03. The van der Waals surface area contributed by atoms with Crippen LogP contribution in [0.4, 0.5) is 5.69 Å². The van der Waals surface area contributed by atoms with Crippen LogP contribution in [0, 0.1) is 0 Å². The summed E-state index contributed by atoms with van der Waals surface area (Å²) < 4.78 is 10.9. The van der Waals surface area contributed by atoms with Gasteiger partial charge in [-0.1, -0.05) is 23.7 Å². The molecule has 0 radical (unpaired) electrons. The second-order valence-corrected chi connectivity index (χ2v) is 5.16. The van der Waals surface area contributed by atoms with Crippen LogP contribution in [0.1, 0.15) is 25.5 Å².